The van der Waals surface area contributed by atoms with E-state index in [0.717, 1.165) is 45.2 Å². The number of nitrogens with one attached hydrogen (secondary N) is 1. The Morgan fingerprint density at radius 1 is 1.26 bits per heavy atom. The number of nitrogens with zero attached hydrogens (tertiary/aromatic N) is 3. The van der Waals surface area contributed by atoms with E-state index in [2.05, 4.69) is 29.3 Å². The maximum Gasteiger partial charge on any atom is 0.185 e. The van der Waals surface area contributed by atoms with Gasteiger partial charge in [0.25, 0.3) is 0 Å². The molecule has 0 aliphatic carbocycles. The van der Waals surface area contributed by atoms with Crippen molar-refractivity contribution in [2.75, 3.05) is 26.7 Å². The predicted octanol–water partition coefficient (Wildman–Crippen LogP) is 0.355. The smallest absolute Gasteiger partial charge is 0.185 e. The summed E-state index contributed by atoms with van der Waals surface area (Å²) in [7, 11) is 2.11. The highest BCUT2D eigenvalue weighted by molar-refractivity contribution is 5.75. The Kier molecular flexibility index (Phi) is 7.51. The van der Waals surface area contributed by atoms with Crippen molar-refractivity contribution in [1.82, 2.24) is 15.4 Å². The summed E-state index contributed by atoms with van der Waals surface area (Å²) < 4.78 is 0. The van der Waals surface area contributed by atoms with Crippen LogP contribution in [-0.2, 0) is 9.68 Å². The molecule has 2 fully saturated rings. The van der Waals surface area contributed by atoms with Crippen molar-refractivity contribution >= 4 is 5.96 Å². The molecule has 8 nitrogen and oxygen atoms in total. The molecule has 0 spiro atoms. The molecule has 0 aromatic heterocycles. The second kappa shape index (κ2) is 9.39. The van der Waals surface area contributed by atoms with Gasteiger partial charge < -0.3 is 11.5 Å². The number of likely N-dealkylation sites (tertiary alicyclic amines) is 1. The van der Waals surface area contributed by atoms with E-state index in [1.165, 1.54) is 6.42 Å². The van der Waals surface area contributed by atoms with Crippen LogP contribution in [0.4, 0.5) is 0 Å². The zero-order valence-electron chi connectivity index (χ0n) is 14.4. The van der Waals surface area contributed by atoms with Gasteiger partial charge in [-0.25, -0.2) is 0 Å². The molecule has 2 aliphatic rings. The fraction of sp³-hybridized carbons (Fsp3) is 0.933. The van der Waals surface area contributed by atoms with E-state index in [4.69, 9.17) is 21.1 Å². The minimum absolute atomic E-state index is 0.0100. The van der Waals surface area contributed by atoms with Gasteiger partial charge in [0.1, 0.15) is 6.23 Å². The Hall–Kier alpha value is -0.930. The third kappa shape index (κ3) is 6.23. The summed E-state index contributed by atoms with van der Waals surface area (Å²) in [5.74, 6) is 0.150. The Morgan fingerprint density at radius 3 is 2.70 bits per heavy atom. The summed E-state index contributed by atoms with van der Waals surface area (Å²) in [6, 6.07) is 0.251. The Balaban J connectivity index is 1.64. The summed E-state index contributed by atoms with van der Waals surface area (Å²) in [5.41, 5.74) is 13.7. The lowest BCUT2D eigenvalue weighted by Crippen LogP contribution is -2.43. The second-order valence-corrected chi connectivity index (χ2v) is 6.51. The van der Waals surface area contributed by atoms with Crippen LogP contribution in [0.3, 0.4) is 0 Å². The molecule has 0 aromatic rings. The van der Waals surface area contributed by atoms with Gasteiger partial charge in [0.05, 0.1) is 0 Å². The lowest BCUT2D eigenvalue weighted by molar-refractivity contribution is -0.292. The minimum atomic E-state index is -0.0100. The van der Waals surface area contributed by atoms with Gasteiger partial charge in [0.15, 0.2) is 12.2 Å². The minimum Gasteiger partial charge on any atom is -0.370 e. The standard InChI is InChI=1S/C15H32N6O2/c1-12(6-3-9-18-15(16)17)19-22-14-8-5-11-21(14)23-13-7-4-10-20(13)2/h12-14,19H,3-11H2,1-2H3,(H4,16,17,18). The Bertz CT molecular complexity index is 377. The summed E-state index contributed by atoms with van der Waals surface area (Å²) in [4.78, 5) is 18.2. The van der Waals surface area contributed by atoms with Crippen molar-refractivity contribution in [3.63, 3.8) is 0 Å². The highest BCUT2D eigenvalue weighted by atomic mass is 16.8. The van der Waals surface area contributed by atoms with Crippen molar-refractivity contribution in [2.45, 2.75) is 63.9 Å². The molecule has 23 heavy (non-hydrogen) atoms. The summed E-state index contributed by atoms with van der Waals surface area (Å²) in [6.45, 7) is 4.78. The van der Waals surface area contributed by atoms with E-state index in [1.54, 1.807) is 0 Å². The first kappa shape index (κ1) is 18.4. The van der Waals surface area contributed by atoms with E-state index in [9.17, 15) is 0 Å². The van der Waals surface area contributed by atoms with Crippen LogP contribution in [0.2, 0.25) is 0 Å². The second-order valence-electron chi connectivity index (χ2n) is 6.51. The molecule has 0 amide bonds. The Labute approximate surface area is 139 Å². The first-order valence-electron chi connectivity index (χ1n) is 8.66. The van der Waals surface area contributed by atoms with E-state index < -0.39 is 0 Å². The van der Waals surface area contributed by atoms with Crippen LogP contribution in [0.5, 0.6) is 0 Å². The molecule has 0 aromatic carbocycles. The molecule has 0 bridgehead atoms. The van der Waals surface area contributed by atoms with Gasteiger partial charge in [-0.2, -0.15) is 10.5 Å². The van der Waals surface area contributed by atoms with Crippen LogP contribution in [0.1, 0.15) is 45.4 Å². The lowest BCUT2D eigenvalue weighted by atomic mass is 10.2. The van der Waals surface area contributed by atoms with Gasteiger partial charge in [-0.3, -0.25) is 19.6 Å². The zero-order chi connectivity index (χ0) is 16.7. The fourth-order valence-corrected chi connectivity index (χ4v) is 2.98. The van der Waals surface area contributed by atoms with Crippen LogP contribution in [0, 0.1) is 0 Å². The highest BCUT2D eigenvalue weighted by Crippen LogP contribution is 2.23. The number of nitrogens with two attached hydrogens (primary N) is 2. The maximum absolute atomic E-state index is 6.10. The number of hydroxylamine groups is 3. The van der Waals surface area contributed by atoms with Crippen molar-refractivity contribution in [2.24, 2.45) is 16.5 Å². The topological polar surface area (TPSA) is 101 Å². The molecule has 3 unspecified atom stereocenters. The van der Waals surface area contributed by atoms with Crippen LogP contribution < -0.4 is 16.9 Å². The van der Waals surface area contributed by atoms with Crippen LogP contribution in [-0.4, -0.2) is 61.1 Å². The molecule has 8 heteroatoms. The molecule has 3 atom stereocenters. The quantitative estimate of drug-likeness (QED) is 0.243. The molecular weight excluding hydrogens is 296 g/mol. The highest BCUT2D eigenvalue weighted by Gasteiger charge is 2.32. The molecule has 2 saturated heterocycles. The zero-order valence-corrected chi connectivity index (χ0v) is 14.4. The number of guanidine groups is 1. The van der Waals surface area contributed by atoms with Gasteiger partial charge in [0, 0.05) is 25.7 Å². The average Bonchev–Trinajstić information content (AvgIpc) is 3.11. The van der Waals surface area contributed by atoms with Gasteiger partial charge in [0.2, 0.25) is 0 Å². The van der Waals surface area contributed by atoms with Gasteiger partial charge in [-0.15, -0.1) is 0 Å². The molecule has 0 saturated carbocycles. The number of hydrogen-bond donors (Lipinski definition) is 3. The SMILES string of the molecule is CC(CCCN=C(N)N)NOC1CCCN1OC1CCCN1C. The summed E-state index contributed by atoms with van der Waals surface area (Å²) in [6.07, 6.45) is 6.44. The fourth-order valence-electron chi connectivity index (χ4n) is 2.98. The normalized spacial score (nSPS) is 27.4. The third-order valence-electron chi connectivity index (χ3n) is 4.36. The predicted molar refractivity (Wildman–Crippen MR) is 90.1 cm³/mol. The number of hydrogen-bond acceptors (Lipinski definition) is 6. The Morgan fingerprint density at radius 2 is 2.00 bits per heavy atom. The van der Waals surface area contributed by atoms with E-state index >= 15 is 0 Å². The molecule has 2 rings (SSSR count). The van der Waals surface area contributed by atoms with E-state index in [-0.39, 0.29) is 24.5 Å². The van der Waals surface area contributed by atoms with Crippen molar-refractivity contribution in [3.05, 3.63) is 0 Å². The van der Waals surface area contributed by atoms with Gasteiger partial charge in [-0.1, -0.05) is 0 Å². The maximum atomic E-state index is 6.10. The molecular formula is C15H32N6O2. The van der Waals surface area contributed by atoms with Gasteiger partial charge in [-0.05, 0) is 52.5 Å². The summed E-state index contributed by atoms with van der Waals surface area (Å²) >= 11 is 0. The van der Waals surface area contributed by atoms with Crippen LogP contribution >= 0.6 is 0 Å². The summed E-state index contributed by atoms with van der Waals surface area (Å²) in [5, 5.41) is 1.99. The first-order valence-corrected chi connectivity index (χ1v) is 8.66. The van der Waals surface area contributed by atoms with Crippen LogP contribution in [0.25, 0.3) is 0 Å². The van der Waals surface area contributed by atoms with Crippen LogP contribution in [0.15, 0.2) is 4.99 Å². The molecule has 2 aliphatic heterocycles. The molecule has 2 heterocycles. The van der Waals surface area contributed by atoms with Crippen molar-refractivity contribution < 1.29 is 9.68 Å². The van der Waals surface area contributed by atoms with Crippen molar-refractivity contribution in [3.8, 4) is 0 Å². The number of aliphatic imine (C=N–C) groups is 1. The third-order valence-corrected chi connectivity index (χ3v) is 4.36. The average molecular weight is 328 g/mol. The van der Waals surface area contributed by atoms with Crippen molar-refractivity contribution in [1.29, 1.82) is 0 Å². The first-order chi connectivity index (χ1) is 11.1. The monoisotopic (exact) mass is 328 g/mol. The lowest BCUT2D eigenvalue weighted by Gasteiger charge is -2.30. The largest absolute Gasteiger partial charge is 0.370 e. The molecule has 5 N–H and O–H groups in total. The van der Waals surface area contributed by atoms with E-state index in [0.29, 0.717) is 6.54 Å². The van der Waals surface area contributed by atoms with Gasteiger partial charge >= 0.3 is 0 Å². The number of rotatable bonds is 9. The molecule has 134 valence electrons. The molecule has 0 radical (unpaired) electrons. The van der Waals surface area contributed by atoms with E-state index in [1.807, 2.05) is 5.06 Å².